The molecule has 1 saturated heterocycles. The molecule has 5 nitrogen and oxygen atoms in total. The zero-order chi connectivity index (χ0) is 12.5. The van der Waals surface area contributed by atoms with Gasteiger partial charge in [-0.3, -0.25) is 0 Å². The number of nitrogens with two attached hydrogens (primary N) is 2. The molecule has 94 valence electrons. The highest BCUT2D eigenvalue weighted by Crippen LogP contribution is 2.18. The summed E-state index contributed by atoms with van der Waals surface area (Å²) < 4.78 is 5.32. The van der Waals surface area contributed by atoms with Gasteiger partial charge in [0.25, 0.3) is 0 Å². The van der Waals surface area contributed by atoms with Crippen molar-refractivity contribution in [1.29, 1.82) is 0 Å². The number of carbonyl (C=O) groups is 1. The fourth-order valence-corrected chi connectivity index (χ4v) is 1.83. The monoisotopic (exact) mass is 229 g/mol. The van der Waals surface area contributed by atoms with Crippen molar-refractivity contribution in [3.8, 4) is 0 Å². The van der Waals surface area contributed by atoms with Crippen molar-refractivity contribution in [2.75, 3.05) is 6.54 Å². The van der Waals surface area contributed by atoms with Gasteiger partial charge in [0.15, 0.2) is 0 Å². The van der Waals surface area contributed by atoms with Gasteiger partial charge < -0.3 is 21.1 Å². The molecule has 0 aliphatic carbocycles. The molecule has 1 amide bonds. The van der Waals surface area contributed by atoms with Gasteiger partial charge in [0.05, 0.1) is 0 Å². The van der Waals surface area contributed by atoms with Gasteiger partial charge in [-0.2, -0.15) is 0 Å². The molecule has 0 saturated carbocycles. The number of hydrogen-bond acceptors (Lipinski definition) is 4. The van der Waals surface area contributed by atoms with Crippen molar-refractivity contribution in [3.63, 3.8) is 0 Å². The van der Waals surface area contributed by atoms with Crippen LogP contribution in [0.5, 0.6) is 0 Å². The summed E-state index contributed by atoms with van der Waals surface area (Å²) in [6, 6.07) is -0.284. The lowest BCUT2D eigenvalue weighted by Crippen LogP contribution is -2.61. The van der Waals surface area contributed by atoms with Crippen LogP contribution in [0.3, 0.4) is 0 Å². The van der Waals surface area contributed by atoms with Gasteiger partial charge in [0, 0.05) is 24.7 Å². The third kappa shape index (κ3) is 3.09. The van der Waals surface area contributed by atoms with Crippen molar-refractivity contribution in [2.24, 2.45) is 11.5 Å². The van der Waals surface area contributed by atoms with Gasteiger partial charge in [-0.1, -0.05) is 0 Å². The molecule has 1 aliphatic rings. The number of nitrogens with zero attached hydrogens (tertiary/aromatic N) is 1. The summed E-state index contributed by atoms with van der Waals surface area (Å²) >= 11 is 0. The Morgan fingerprint density at radius 2 is 1.94 bits per heavy atom. The summed E-state index contributed by atoms with van der Waals surface area (Å²) in [5, 5.41) is 0. The lowest BCUT2D eigenvalue weighted by molar-refractivity contribution is 0.00752. The Balaban J connectivity index is 2.64. The SMILES string of the molecule is C[C@H]1[C@@H](N)[C@@H](N)CCN1C(=O)OC(C)(C)C. The molecule has 16 heavy (non-hydrogen) atoms. The van der Waals surface area contributed by atoms with Gasteiger partial charge in [-0.05, 0) is 34.1 Å². The van der Waals surface area contributed by atoms with E-state index in [1.165, 1.54) is 0 Å². The van der Waals surface area contributed by atoms with Crippen LogP contribution < -0.4 is 11.5 Å². The van der Waals surface area contributed by atoms with Crippen molar-refractivity contribution in [1.82, 2.24) is 4.90 Å². The molecule has 1 heterocycles. The number of carbonyl (C=O) groups excluding carboxylic acids is 1. The Morgan fingerprint density at radius 1 is 1.38 bits per heavy atom. The molecular formula is C11H23N3O2. The van der Waals surface area contributed by atoms with Crippen molar-refractivity contribution >= 4 is 6.09 Å². The molecule has 0 bridgehead atoms. The van der Waals surface area contributed by atoms with Gasteiger partial charge in [0.1, 0.15) is 5.60 Å². The third-order valence-corrected chi connectivity index (χ3v) is 2.87. The lowest BCUT2D eigenvalue weighted by Gasteiger charge is -2.41. The number of rotatable bonds is 0. The maximum Gasteiger partial charge on any atom is 0.410 e. The van der Waals surface area contributed by atoms with Crippen molar-refractivity contribution in [2.45, 2.75) is 57.8 Å². The van der Waals surface area contributed by atoms with Gasteiger partial charge >= 0.3 is 6.09 Å². The van der Waals surface area contributed by atoms with Crippen molar-refractivity contribution < 1.29 is 9.53 Å². The first-order chi connectivity index (χ1) is 7.22. The average Bonchev–Trinajstić information content (AvgIpc) is 2.11. The molecular weight excluding hydrogens is 206 g/mol. The smallest absolute Gasteiger partial charge is 0.410 e. The number of ether oxygens (including phenoxy) is 1. The minimum atomic E-state index is -0.472. The fourth-order valence-electron chi connectivity index (χ4n) is 1.83. The van der Waals surface area contributed by atoms with Crippen LogP contribution in [-0.2, 0) is 4.74 Å². The molecule has 0 aromatic carbocycles. The predicted molar refractivity (Wildman–Crippen MR) is 63.0 cm³/mol. The van der Waals surface area contributed by atoms with E-state index >= 15 is 0 Å². The maximum atomic E-state index is 11.9. The van der Waals surface area contributed by atoms with Crippen LogP contribution in [0, 0.1) is 0 Å². The molecule has 5 heteroatoms. The number of likely N-dealkylation sites (tertiary alicyclic amines) is 1. The molecule has 0 aromatic rings. The van der Waals surface area contributed by atoms with Gasteiger partial charge in [-0.15, -0.1) is 0 Å². The summed E-state index contributed by atoms with van der Waals surface area (Å²) in [6.07, 6.45) is 0.424. The van der Waals surface area contributed by atoms with E-state index in [1.54, 1.807) is 4.90 Å². The summed E-state index contributed by atoms with van der Waals surface area (Å²) in [5.74, 6) is 0. The minimum absolute atomic E-state index is 0.0336. The molecule has 4 N–H and O–H groups in total. The zero-order valence-electron chi connectivity index (χ0n) is 10.6. The Hall–Kier alpha value is -0.810. The average molecular weight is 229 g/mol. The standard InChI is InChI=1S/C11H23N3O2/c1-7-9(13)8(12)5-6-14(7)10(15)16-11(2,3)4/h7-9H,5-6,12-13H2,1-4H3/t7-,8-,9+/m0/s1. The van der Waals surface area contributed by atoms with E-state index < -0.39 is 5.60 Å². The van der Waals surface area contributed by atoms with E-state index in [-0.39, 0.29) is 24.2 Å². The lowest BCUT2D eigenvalue weighted by atomic mass is 9.94. The van der Waals surface area contributed by atoms with Crippen LogP contribution >= 0.6 is 0 Å². The van der Waals surface area contributed by atoms with Crippen LogP contribution in [0.1, 0.15) is 34.1 Å². The van der Waals surface area contributed by atoms with Gasteiger partial charge in [0.2, 0.25) is 0 Å². The Kier molecular flexibility index (Phi) is 3.80. The van der Waals surface area contributed by atoms with E-state index in [0.29, 0.717) is 6.54 Å². The molecule has 1 aliphatic heterocycles. The molecule has 0 aromatic heterocycles. The molecule has 0 unspecified atom stereocenters. The first-order valence-corrected chi connectivity index (χ1v) is 5.73. The summed E-state index contributed by atoms with van der Waals surface area (Å²) in [7, 11) is 0. The summed E-state index contributed by atoms with van der Waals surface area (Å²) in [5.41, 5.74) is 11.3. The molecule has 1 fully saturated rings. The van der Waals surface area contributed by atoms with Crippen LogP contribution in [0.15, 0.2) is 0 Å². The first kappa shape index (κ1) is 13.3. The predicted octanol–water partition coefficient (Wildman–Crippen LogP) is 0.670. The Labute approximate surface area is 97.1 Å². The number of hydrogen-bond donors (Lipinski definition) is 2. The third-order valence-electron chi connectivity index (χ3n) is 2.87. The second kappa shape index (κ2) is 4.59. The molecule has 0 radical (unpaired) electrons. The van der Waals surface area contributed by atoms with E-state index in [4.69, 9.17) is 16.2 Å². The van der Waals surface area contributed by atoms with E-state index in [0.717, 1.165) is 6.42 Å². The number of amides is 1. The van der Waals surface area contributed by atoms with E-state index in [1.807, 2.05) is 27.7 Å². The topological polar surface area (TPSA) is 81.6 Å². The van der Waals surface area contributed by atoms with Crippen LogP contribution in [0.2, 0.25) is 0 Å². The Morgan fingerprint density at radius 3 is 2.44 bits per heavy atom. The van der Waals surface area contributed by atoms with Crippen molar-refractivity contribution in [3.05, 3.63) is 0 Å². The maximum absolute atomic E-state index is 11.9. The largest absolute Gasteiger partial charge is 0.444 e. The highest BCUT2D eigenvalue weighted by Gasteiger charge is 2.35. The highest BCUT2D eigenvalue weighted by molar-refractivity contribution is 5.68. The van der Waals surface area contributed by atoms with E-state index in [9.17, 15) is 4.79 Å². The normalized spacial score (nSPS) is 31.4. The van der Waals surface area contributed by atoms with Gasteiger partial charge in [-0.25, -0.2) is 4.79 Å². The van der Waals surface area contributed by atoms with Crippen LogP contribution in [-0.4, -0.2) is 41.3 Å². The first-order valence-electron chi connectivity index (χ1n) is 5.73. The van der Waals surface area contributed by atoms with Crippen LogP contribution in [0.25, 0.3) is 0 Å². The summed E-state index contributed by atoms with van der Waals surface area (Å²) in [6.45, 7) is 8.08. The fraction of sp³-hybridized carbons (Fsp3) is 0.909. The second-order valence-corrected chi connectivity index (χ2v) is 5.44. The molecule has 1 rings (SSSR count). The second-order valence-electron chi connectivity index (χ2n) is 5.44. The number of piperidine rings is 1. The highest BCUT2D eigenvalue weighted by atomic mass is 16.6. The quantitative estimate of drug-likeness (QED) is 0.639. The molecule has 0 spiro atoms. The zero-order valence-corrected chi connectivity index (χ0v) is 10.6. The minimum Gasteiger partial charge on any atom is -0.444 e. The molecule has 3 atom stereocenters. The Bertz CT molecular complexity index is 262. The van der Waals surface area contributed by atoms with E-state index in [2.05, 4.69) is 0 Å². The summed E-state index contributed by atoms with van der Waals surface area (Å²) in [4.78, 5) is 13.5. The van der Waals surface area contributed by atoms with Crippen LogP contribution in [0.4, 0.5) is 4.79 Å².